The van der Waals surface area contributed by atoms with Gasteiger partial charge in [-0.1, -0.05) is 17.7 Å². The third-order valence-corrected chi connectivity index (χ3v) is 3.53. The van der Waals surface area contributed by atoms with Gasteiger partial charge in [-0.05, 0) is 35.4 Å². The first-order chi connectivity index (χ1) is 6.27. The molecule has 1 aliphatic rings. The minimum Gasteiger partial charge on any atom is -0.388 e. The van der Waals surface area contributed by atoms with Crippen LogP contribution in [0.5, 0.6) is 0 Å². The summed E-state index contributed by atoms with van der Waals surface area (Å²) in [5.41, 5.74) is 2.23. The summed E-state index contributed by atoms with van der Waals surface area (Å²) in [6, 6.07) is 5.78. The van der Waals surface area contributed by atoms with Gasteiger partial charge in [-0.15, -0.1) is 0 Å². The first-order valence-electron chi connectivity index (χ1n) is 4.31. The maximum atomic E-state index is 9.79. The minimum absolute atomic E-state index is 0.330. The monoisotopic (exact) mass is 214 g/mol. The van der Waals surface area contributed by atoms with E-state index in [0.29, 0.717) is 5.02 Å². The van der Waals surface area contributed by atoms with Crippen molar-refractivity contribution in [2.24, 2.45) is 0 Å². The van der Waals surface area contributed by atoms with Crippen molar-refractivity contribution >= 4 is 23.4 Å². The molecule has 1 N–H and O–H groups in total. The van der Waals surface area contributed by atoms with Crippen LogP contribution in [0.1, 0.15) is 23.7 Å². The number of aliphatic hydroxyl groups is 1. The van der Waals surface area contributed by atoms with E-state index in [9.17, 15) is 5.11 Å². The summed E-state index contributed by atoms with van der Waals surface area (Å²) in [6.07, 6.45) is 0.501. The third-order valence-electron chi connectivity index (χ3n) is 2.26. The smallest absolute Gasteiger partial charge is 0.0801 e. The number of benzene rings is 1. The van der Waals surface area contributed by atoms with E-state index < -0.39 is 0 Å². The quantitative estimate of drug-likeness (QED) is 0.717. The molecule has 0 amide bonds. The summed E-state index contributed by atoms with van der Waals surface area (Å²) in [5.74, 6) is 2.01. The number of aliphatic hydroxyl groups excluding tert-OH is 1. The van der Waals surface area contributed by atoms with Crippen LogP contribution in [0, 0.1) is 0 Å². The van der Waals surface area contributed by atoms with Gasteiger partial charge in [0.05, 0.1) is 6.10 Å². The lowest BCUT2D eigenvalue weighted by atomic mass is 10.0. The van der Waals surface area contributed by atoms with Crippen LogP contribution in [0.4, 0.5) is 0 Å². The maximum absolute atomic E-state index is 9.79. The van der Waals surface area contributed by atoms with E-state index >= 15 is 0 Å². The van der Waals surface area contributed by atoms with Crippen molar-refractivity contribution in [2.75, 3.05) is 5.75 Å². The first kappa shape index (κ1) is 9.38. The first-order valence-corrected chi connectivity index (χ1v) is 5.85. The summed E-state index contributed by atoms with van der Waals surface area (Å²) in [7, 11) is 0. The van der Waals surface area contributed by atoms with Crippen LogP contribution in [0.3, 0.4) is 0 Å². The number of hydrogen-bond acceptors (Lipinski definition) is 2. The zero-order valence-corrected chi connectivity index (χ0v) is 8.74. The van der Waals surface area contributed by atoms with E-state index in [1.807, 2.05) is 30.0 Å². The van der Waals surface area contributed by atoms with Crippen LogP contribution >= 0.6 is 23.4 Å². The standard InChI is InChI=1S/C10H11ClOS/c11-8-2-1-7-6-13-4-3-10(12)9(7)5-8/h1-2,5,10,12H,3-4,6H2/t10-/m0/s1. The van der Waals surface area contributed by atoms with Crippen LogP contribution in [0.2, 0.25) is 5.02 Å². The molecule has 0 fully saturated rings. The fourth-order valence-corrected chi connectivity index (χ4v) is 2.74. The zero-order valence-electron chi connectivity index (χ0n) is 7.16. The van der Waals surface area contributed by atoms with Crippen molar-refractivity contribution in [3.05, 3.63) is 34.3 Å². The second-order valence-corrected chi connectivity index (χ2v) is 4.74. The van der Waals surface area contributed by atoms with Crippen molar-refractivity contribution in [3.8, 4) is 0 Å². The molecule has 1 nitrogen and oxygen atoms in total. The second kappa shape index (κ2) is 3.91. The van der Waals surface area contributed by atoms with Crippen LogP contribution in [0.25, 0.3) is 0 Å². The lowest BCUT2D eigenvalue weighted by molar-refractivity contribution is 0.175. The average Bonchev–Trinajstić information content (AvgIpc) is 2.29. The molecule has 3 heteroatoms. The van der Waals surface area contributed by atoms with E-state index in [4.69, 9.17) is 11.6 Å². The lowest BCUT2D eigenvalue weighted by Gasteiger charge is -2.10. The highest BCUT2D eigenvalue weighted by atomic mass is 35.5. The Bertz CT molecular complexity index is 314. The largest absolute Gasteiger partial charge is 0.388 e. The van der Waals surface area contributed by atoms with Gasteiger partial charge in [-0.25, -0.2) is 0 Å². The van der Waals surface area contributed by atoms with Gasteiger partial charge in [-0.3, -0.25) is 0 Å². The molecule has 0 radical (unpaired) electrons. The number of hydrogen-bond donors (Lipinski definition) is 1. The highest BCUT2D eigenvalue weighted by molar-refractivity contribution is 7.98. The predicted molar refractivity (Wildman–Crippen MR) is 57.2 cm³/mol. The van der Waals surface area contributed by atoms with Crippen LogP contribution in [-0.4, -0.2) is 10.9 Å². The summed E-state index contributed by atoms with van der Waals surface area (Å²) in [5, 5.41) is 10.5. The maximum Gasteiger partial charge on any atom is 0.0801 e. The normalized spacial score (nSPS) is 22.2. The zero-order chi connectivity index (χ0) is 9.26. The molecule has 1 heterocycles. The molecule has 1 aromatic rings. The molecule has 0 bridgehead atoms. The topological polar surface area (TPSA) is 20.2 Å². The van der Waals surface area contributed by atoms with Gasteiger partial charge in [0.15, 0.2) is 0 Å². The summed E-state index contributed by atoms with van der Waals surface area (Å²) >= 11 is 7.74. The molecular formula is C10H11ClOS. The Kier molecular flexibility index (Phi) is 2.82. The van der Waals surface area contributed by atoms with Gasteiger partial charge in [0.2, 0.25) is 0 Å². The number of halogens is 1. The fourth-order valence-electron chi connectivity index (χ4n) is 1.54. The van der Waals surface area contributed by atoms with Gasteiger partial charge in [0.1, 0.15) is 0 Å². The van der Waals surface area contributed by atoms with Gasteiger partial charge in [0.25, 0.3) is 0 Å². The number of thioether (sulfide) groups is 1. The fraction of sp³-hybridized carbons (Fsp3) is 0.400. The lowest BCUT2D eigenvalue weighted by Crippen LogP contribution is -1.99. The SMILES string of the molecule is O[C@H]1CCSCc2ccc(Cl)cc21. The third kappa shape index (κ3) is 2.01. The molecule has 13 heavy (non-hydrogen) atoms. The van der Waals surface area contributed by atoms with Crippen molar-refractivity contribution in [1.29, 1.82) is 0 Å². The van der Waals surface area contributed by atoms with Crippen LogP contribution in [-0.2, 0) is 5.75 Å². The van der Waals surface area contributed by atoms with Crippen molar-refractivity contribution in [1.82, 2.24) is 0 Å². The Balaban J connectivity index is 2.43. The molecule has 0 unspecified atom stereocenters. The molecular weight excluding hydrogens is 204 g/mol. The highest BCUT2D eigenvalue weighted by Gasteiger charge is 2.16. The molecule has 1 atom stereocenters. The van der Waals surface area contributed by atoms with Crippen LogP contribution < -0.4 is 0 Å². The number of rotatable bonds is 0. The summed E-state index contributed by atoms with van der Waals surface area (Å²) in [6.45, 7) is 0. The Morgan fingerprint density at radius 2 is 2.31 bits per heavy atom. The molecule has 0 saturated heterocycles. The van der Waals surface area contributed by atoms with Crippen molar-refractivity contribution in [2.45, 2.75) is 18.3 Å². The van der Waals surface area contributed by atoms with Gasteiger partial charge < -0.3 is 5.11 Å². The van der Waals surface area contributed by atoms with E-state index in [2.05, 4.69) is 0 Å². The van der Waals surface area contributed by atoms with Crippen molar-refractivity contribution < 1.29 is 5.11 Å². The minimum atomic E-state index is -0.330. The molecule has 0 saturated carbocycles. The Morgan fingerprint density at radius 1 is 1.46 bits per heavy atom. The summed E-state index contributed by atoms with van der Waals surface area (Å²) < 4.78 is 0. The Hall–Kier alpha value is -0.180. The van der Waals surface area contributed by atoms with E-state index in [1.54, 1.807) is 0 Å². The Morgan fingerprint density at radius 3 is 3.15 bits per heavy atom. The number of fused-ring (bicyclic) bond motifs is 1. The Labute approximate surface area is 87.1 Å². The van der Waals surface area contributed by atoms with Gasteiger partial charge in [0, 0.05) is 10.8 Å². The van der Waals surface area contributed by atoms with E-state index in [0.717, 1.165) is 23.5 Å². The van der Waals surface area contributed by atoms with E-state index in [-0.39, 0.29) is 6.10 Å². The molecule has 1 aromatic carbocycles. The van der Waals surface area contributed by atoms with Gasteiger partial charge >= 0.3 is 0 Å². The molecule has 2 rings (SSSR count). The molecule has 0 aliphatic carbocycles. The predicted octanol–water partition coefficient (Wildman–Crippen LogP) is 3.01. The van der Waals surface area contributed by atoms with Crippen molar-refractivity contribution in [3.63, 3.8) is 0 Å². The molecule has 0 aromatic heterocycles. The molecule has 1 aliphatic heterocycles. The van der Waals surface area contributed by atoms with Gasteiger partial charge in [-0.2, -0.15) is 11.8 Å². The molecule has 70 valence electrons. The average molecular weight is 215 g/mol. The summed E-state index contributed by atoms with van der Waals surface area (Å²) in [4.78, 5) is 0. The van der Waals surface area contributed by atoms with E-state index in [1.165, 1.54) is 5.56 Å². The van der Waals surface area contributed by atoms with Crippen LogP contribution in [0.15, 0.2) is 18.2 Å². The second-order valence-electron chi connectivity index (χ2n) is 3.20. The highest BCUT2D eigenvalue weighted by Crippen LogP contribution is 2.31. The molecule has 0 spiro atoms.